The van der Waals surface area contributed by atoms with E-state index in [0.29, 0.717) is 22.2 Å². The van der Waals surface area contributed by atoms with Crippen molar-refractivity contribution in [3.05, 3.63) is 42.3 Å². The Labute approximate surface area is 185 Å². The normalized spacial score (nSPS) is 18.0. The van der Waals surface area contributed by atoms with Gasteiger partial charge < -0.3 is 15.7 Å². The minimum absolute atomic E-state index is 0.139. The van der Waals surface area contributed by atoms with Gasteiger partial charge >= 0.3 is 0 Å². The van der Waals surface area contributed by atoms with Crippen LogP contribution in [0.25, 0.3) is 33.2 Å². The van der Waals surface area contributed by atoms with Gasteiger partial charge in [-0.15, -0.1) is 0 Å². The number of hydrogen-bond acceptors (Lipinski definition) is 6. The minimum Gasteiger partial charge on any atom is -0.504 e. The SMILES string of the molecule is C1CCC1.Cn1cc2cc(-c3ccc4nc(N5CCC(N)C5)ccc4n3)c(O)c(F)c2n1. The molecule has 1 unspecified atom stereocenters. The van der Waals surface area contributed by atoms with Crippen LogP contribution in [-0.2, 0) is 7.05 Å². The van der Waals surface area contributed by atoms with E-state index in [1.165, 1.54) is 30.4 Å². The summed E-state index contributed by atoms with van der Waals surface area (Å²) in [7, 11) is 1.71. The summed E-state index contributed by atoms with van der Waals surface area (Å²) < 4.78 is 16.1. The fourth-order valence-corrected chi connectivity index (χ4v) is 4.00. The molecule has 1 aromatic carbocycles. The molecule has 0 radical (unpaired) electrons. The molecule has 2 aliphatic rings. The highest BCUT2D eigenvalue weighted by Crippen LogP contribution is 2.36. The Hall–Kier alpha value is -3.26. The van der Waals surface area contributed by atoms with Gasteiger partial charge in [0, 0.05) is 43.3 Å². The maximum Gasteiger partial charge on any atom is 0.193 e. The number of phenolic OH excluding ortho intramolecular Hbond substituents is 1. The number of fused-ring (bicyclic) bond motifs is 2. The van der Waals surface area contributed by atoms with Crippen molar-refractivity contribution in [3.8, 4) is 17.0 Å². The Morgan fingerprint density at radius 1 is 1.06 bits per heavy atom. The molecule has 4 heterocycles. The number of pyridine rings is 2. The average Bonchev–Trinajstić information content (AvgIpc) is 3.34. The molecule has 3 N–H and O–H groups in total. The summed E-state index contributed by atoms with van der Waals surface area (Å²) in [5, 5.41) is 15.0. The number of aromatic nitrogens is 4. The lowest BCUT2D eigenvalue weighted by Gasteiger charge is -2.17. The molecule has 0 spiro atoms. The second-order valence-corrected chi connectivity index (χ2v) is 8.64. The van der Waals surface area contributed by atoms with Crippen LogP contribution < -0.4 is 10.6 Å². The zero-order chi connectivity index (χ0) is 22.2. The van der Waals surface area contributed by atoms with Gasteiger partial charge in [0.1, 0.15) is 11.3 Å². The molecule has 1 saturated carbocycles. The van der Waals surface area contributed by atoms with Gasteiger partial charge in [0.15, 0.2) is 11.6 Å². The molecule has 3 aromatic heterocycles. The highest BCUT2D eigenvalue weighted by molar-refractivity contribution is 5.89. The number of benzene rings is 1. The third-order valence-electron chi connectivity index (χ3n) is 6.18. The van der Waals surface area contributed by atoms with Crippen LogP contribution in [0, 0.1) is 5.82 Å². The van der Waals surface area contributed by atoms with Crippen LogP contribution in [0.4, 0.5) is 10.2 Å². The summed E-state index contributed by atoms with van der Waals surface area (Å²) in [4.78, 5) is 11.4. The van der Waals surface area contributed by atoms with Gasteiger partial charge in [-0.25, -0.2) is 14.4 Å². The number of anilines is 1. The van der Waals surface area contributed by atoms with E-state index in [-0.39, 0.29) is 11.6 Å². The van der Waals surface area contributed by atoms with Gasteiger partial charge in [0.05, 0.1) is 16.7 Å². The molecule has 1 atom stereocenters. The minimum atomic E-state index is -0.742. The van der Waals surface area contributed by atoms with Crippen molar-refractivity contribution in [1.29, 1.82) is 0 Å². The largest absolute Gasteiger partial charge is 0.504 e. The molecule has 166 valence electrons. The molecule has 32 heavy (non-hydrogen) atoms. The lowest BCUT2D eigenvalue weighted by atomic mass is 10.0. The molecular formula is C24H27FN6O. The number of rotatable bonds is 2. The topological polar surface area (TPSA) is 93.1 Å². The highest BCUT2D eigenvalue weighted by atomic mass is 19.1. The number of nitrogens with zero attached hydrogens (tertiary/aromatic N) is 5. The first kappa shape index (κ1) is 20.6. The maximum atomic E-state index is 14.5. The number of phenols is 1. The van der Waals surface area contributed by atoms with E-state index in [0.717, 1.165) is 30.8 Å². The predicted octanol–water partition coefficient (Wildman–Crippen LogP) is 4.13. The van der Waals surface area contributed by atoms with Crippen LogP contribution in [0.3, 0.4) is 0 Å². The first-order valence-electron chi connectivity index (χ1n) is 11.1. The molecule has 6 rings (SSSR count). The average molecular weight is 435 g/mol. The molecule has 7 nitrogen and oxygen atoms in total. The number of nitrogens with two attached hydrogens (primary N) is 1. The van der Waals surface area contributed by atoms with Gasteiger partial charge in [-0.2, -0.15) is 5.10 Å². The van der Waals surface area contributed by atoms with Crippen molar-refractivity contribution >= 4 is 27.8 Å². The van der Waals surface area contributed by atoms with Crippen molar-refractivity contribution in [2.24, 2.45) is 12.8 Å². The van der Waals surface area contributed by atoms with Crippen LogP contribution >= 0.6 is 0 Å². The number of halogens is 1. The fourth-order valence-electron chi connectivity index (χ4n) is 4.00. The molecule has 4 aromatic rings. The van der Waals surface area contributed by atoms with E-state index in [4.69, 9.17) is 5.73 Å². The summed E-state index contributed by atoms with van der Waals surface area (Å²) in [6, 6.07) is 9.26. The van der Waals surface area contributed by atoms with E-state index in [1.54, 1.807) is 25.4 Å². The Morgan fingerprint density at radius 2 is 1.78 bits per heavy atom. The van der Waals surface area contributed by atoms with Crippen LogP contribution in [0.1, 0.15) is 32.1 Å². The Morgan fingerprint density at radius 3 is 2.47 bits per heavy atom. The molecule has 0 bridgehead atoms. The van der Waals surface area contributed by atoms with Crippen LogP contribution in [0.2, 0.25) is 0 Å². The van der Waals surface area contributed by atoms with Crippen molar-refractivity contribution in [1.82, 2.24) is 19.7 Å². The molecular weight excluding hydrogens is 407 g/mol. The second-order valence-electron chi connectivity index (χ2n) is 8.64. The monoisotopic (exact) mass is 434 g/mol. The lowest BCUT2D eigenvalue weighted by Crippen LogP contribution is -2.26. The summed E-state index contributed by atoms with van der Waals surface area (Å²) in [6.07, 6.45) is 8.66. The van der Waals surface area contributed by atoms with Gasteiger partial charge in [0.2, 0.25) is 0 Å². The van der Waals surface area contributed by atoms with E-state index in [2.05, 4.69) is 20.0 Å². The number of aromatic hydroxyl groups is 1. The van der Waals surface area contributed by atoms with Gasteiger partial charge in [-0.1, -0.05) is 25.7 Å². The third kappa shape index (κ3) is 3.86. The first-order valence-corrected chi connectivity index (χ1v) is 11.1. The summed E-state index contributed by atoms with van der Waals surface area (Å²) >= 11 is 0. The fraction of sp³-hybridized carbons (Fsp3) is 0.375. The molecule has 8 heteroatoms. The van der Waals surface area contributed by atoms with E-state index in [9.17, 15) is 9.50 Å². The Kier molecular flexibility index (Phi) is 5.38. The van der Waals surface area contributed by atoms with E-state index >= 15 is 0 Å². The van der Waals surface area contributed by atoms with Gasteiger partial charge in [-0.05, 0) is 36.8 Å². The zero-order valence-electron chi connectivity index (χ0n) is 18.1. The van der Waals surface area contributed by atoms with Crippen molar-refractivity contribution in [2.75, 3.05) is 18.0 Å². The number of aryl methyl sites for hydroxylation is 1. The van der Waals surface area contributed by atoms with E-state index < -0.39 is 11.6 Å². The highest BCUT2D eigenvalue weighted by Gasteiger charge is 2.21. The predicted molar refractivity (Wildman–Crippen MR) is 124 cm³/mol. The second kappa shape index (κ2) is 8.35. The first-order chi connectivity index (χ1) is 15.5. The number of hydrogen-bond donors (Lipinski definition) is 2. The maximum absolute atomic E-state index is 14.5. The Balaban J connectivity index is 0.000000489. The van der Waals surface area contributed by atoms with E-state index in [1.807, 2.05) is 18.2 Å². The zero-order valence-corrected chi connectivity index (χ0v) is 18.1. The summed E-state index contributed by atoms with van der Waals surface area (Å²) in [6.45, 7) is 1.69. The molecule has 2 fully saturated rings. The van der Waals surface area contributed by atoms with Crippen LogP contribution in [-0.4, -0.2) is 44.0 Å². The standard InChI is InChI=1S/C20H19FN6O.C4H8/c1-26-9-11-8-13(20(28)18(21)19(11)25-26)14-2-3-16-15(23-14)4-5-17(24-16)27-7-6-12(22)10-27;1-2-4-3-1/h2-5,8-9,12,28H,6-7,10,22H2,1H3;1-4H2. The van der Waals surface area contributed by atoms with Crippen molar-refractivity contribution in [2.45, 2.75) is 38.1 Å². The lowest BCUT2D eigenvalue weighted by molar-refractivity contribution is 0.437. The summed E-state index contributed by atoms with van der Waals surface area (Å²) in [5.74, 6) is -0.316. The molecule has 1 aliphatic carbocycles. The quantitative estimate of drug-likeness (QED) is 0.493. The van der Waals surface area contributed by atoms with Crippen molar-refractivity contribution in [3.63, 3.8) is 0 Å². The van der Waals surface area contributed by atoms with Gasteiger partial charge in [0.25, 0.3) is 0 Å². The molecule has 0 amide bonds. The molecule has 1 aliphatic heterocycles. The summed E-state index contributed by atoms with van der Waals surface area (Å²) in [5.41, 5.74) is 8.35. The molecule has 1 saturated heterocycles. The Bertz CT molecular complexity index is 1280. The van der Waals surface area contributed by atoms with Crippen molar-refractivity contribution < 1.29 is 9.50 Å². The van der Waals surface area contributed by atoms with Gasteiger partial charge in [-0.3, -0.25) is 4.68 Å². The van der Waals surface area contributed by atoms with Crippen LogP contribution in [0.15, 0.2) is 36.5 Å². The third-order valence-corrected chi connectivity index (χ3v) is 6.18. The van der Waals surface area contributed by atoms with Crippen LogP contribution in [0.5, 0.6) is 5.75 Å². The smallest absolute Gasteiger partial charge is 0.193 e.